The first-order valence-corrected chi connectivity index (χ1v) is 10.0. The van der Waals surface area contributed by atoms with Crippen molar-refractivity contribution in [2.75, 3.05) is 18.0 Å². The molecular weight excluding hydrogens is 350 g/mol. The quantitative estimate of drug-likeness (QED) is 0.741. The number of benzene rings is 1. The molecule has 3 heterocycles. The van der Waals surface area contributed by atoms with E-state index in [1.165, 1.54) is 0 Å². The molecule has 1 N–H and O–H groups in total. The summed E-state index contributed by atoms with van der Waals surface area (Å²) in [5, 5.41) is 0.786. The van der Waals surface area contributed by atoms with Crippen molar-refractivity contribution in [3.63, 3.8) is 0 Å². The fourth-order valence-corrected chi connectivity index (χ4v) is 4.27. The van der Waals surface area contributed by atoms with Crippen LogP contribution < -0.4 is 9.62 Å². The number of pyridine rings is 1. The first-order valence-electron chi connectivity index (χ1n) is 8.54. The molecule has 1 fully saturated rings. The maximum atomic E-state index is 12.8. The highest BCUT2D eigenvalue weighted by molar-refractivity contribution is 7.89. The number of hydrogen-bond donors (Lipinski definition) is 1. The van der Waals surface area contributed by atoms with E-state index in [0.717, 1.165) is 31.3 Å². The van der Waals surface area contributed by atoms with E-state index in [9.17, 15) is 8.42 Å². The Bertz CT molecular complexity index is 1030. The molecule has 0 amide bonds. The van der Waals surface area contributed by atoms with Gasteiger partial charge in [-0.25, -0.2) is 23.1 Å². The van der Waals surface area contributed by atoms with E-state index in [-0.39, 0.29) is 11.4 Å². The smallest absolute Gasteiger partial charge is 0.243 e. The van der Waals surface area contributed by atoms with E-state index in [0.29, 0.717) is 17.2 Å². The number of hydrogen-bond acceptors (Lipinski definition) is 6. The predicted molar refractivity (Wildman–Crippen MR) is 99.2 cm³/mol. The lowest BCUT2D eigenvalue weighted by molar-refractivity contribution is 0.581. The van der Waals surface area contributed by atoms with Crippen molar-refractivity contribution < 1.29 is 8.42 Å². The average Bonchev–Trinajstić information content (AvgIpc) is 3.21. The molecule has 0 aliphatic carbocycles. The Labute approximate surface area is 152 Å². The van der Waals surface area contributed by atoms with Gasteiger partial charge in [-0.05, 0) is 31.0 Å². The molecule has 26 heavy (non-hydrogen) atoms. The number of aromatic nitrogens is 3. The second-order valence-electron chi connectivity index (χ2n) is 6.20. The molecule has 0 bridgehead atoms. The number of nitrogens with zero attached hydrogens (tertiary/aromatic N) is 4. The van der Waals surface area contributed by atoms with Crippen LogP contribution in [-0.4, -0.2) is 36.5 Å². The summed E-state index contributed by atoms with van der Waals surface area (Å²) in [6.07, 6.45) is 5.53. The van der Waals surface area contributed by atoms with Crippen LogP contribution >= 0.6 is 0 Å². The van der Waals surface area contributed by atoms with Crippen LogP contribution in [-0.2, 0) is 16.6 Å². The second-order valence-corrected chi connectivity index (χ2v) is 7.93. The van der Waals surface area contributed by atoms with Gasteiger partial charge >= 0.3 is 0 Å². The lowest BCUT2D eigenvalue weighted by Gasteiger charge is -2.15. The van der Waals surface area contributed by atoms with E-state index in [1.807, 2.05) is 12.1 Å². The third-order valence-electron chi connectivity index (χ3n) is 4.42. The fraction of sp³-hybridized carbons (Fsp3) is 0.278. The van der Waals surface area contributed by atoms with Crippen LogP contribution in [0, 0.1) is 0 Å². The predicted octanol–water partition coefficient (Wildman–Crippen LogP) is 2.10. The van der Waals surface area contributed by atoms with Crippen LogP contribution in [0.25, 0.3) is 10.9 Å². The first kappa shape index (κ1) is 16.9. The maximum Gasteiger partial charge on any atom is 0.243 e. The summed E-state index contributed by atoms with van der Waals surface area (Å²) in [6.45, 7) is 1.99. The Balaban J connectivity index is 1.56. The van der Waals surface area contributed by atoms with Gasteiger partial charge in [0.1, 0.15) is 4.90 Å². The highest BCUT2D eigenvalue weighted by atomic mass is 32.2. The minimum atomic E-state index is -3.70. The Kier molecular flexibility index (Phi) is 4.52. The molecule has 0 unspecified atom stereocenters. The number of rotatable bonds is 5. The third kappa shape index (κ3) is 3.38. The van der Waals surface area contributed by atoms with Gasteiger partial charge in [-0.2, -0.15) is 0 Å². The molecule has 0 atom stereocenters. The van der Waals surface area contributed by atoms with Crippen molar-refractivity contribution in [2.24, 2.45) is 0 Å². The molecule has 1 aliphatic rings. The normalized spacial score (nSPS) is 14.8. The number of para-hydroxylation sites is 1. The summed E-state index contributed by atoms with van der Waals surface area (Å²) in [6, 6.07) is 10.5. The van der Waals surface area contributed by atoms with Crippen LogP contribution in [0.15, 0.2) is 53.7 Å². The van der Waals surface area contributed by atoms with E-state index in [2.05, 4.69) is 24.6 Å². The SMILES string of the molecule is O=S(=O)(NCc1ccnc(N2CCCC2)n1)c1cccc2cccnc12. The molecule has 134 valence electrons. The molecule has 2 aromatic heterocycles. The Morgan fingerprint density at radius 3 is 2.65 bits per heavy atom. The zero-order valence-corrected chi connectivity index (χ0v) is 15.0. The van der Waals surface area contributed by atoms with Gasteiger partial charge in [-0.1, -0.05) is 18.2 Å². The average molecular weight is 369 g/mol. The number of sulfonamides is 1. The van der Waals surface area contributed by atoms with Gasteiger partial charge in [0.05, 0.1) is 17.8 Å². The van der Waals surface area contributed by atoms with E-state index in [1.54, 1.807) is 36.7 Å². The molecule has 8 heteroatoms. The molecular formula is C18H19N5O2S. The minimum Gasteiger partial charge on any atom is -0.341 e. The van der Waals surface area contributed by atoms with Gasteiger partial charge in [0, 0.05) is 30.9 Å². The zero-order valence-electron chi connectivity index (χ0n) is 14.2. The van der Waals surface area contributed by atoms with Crippen molar-refractivity contribution in [3.8, 4) is 0 Å². The molecule has 1 saturated heterocycles. The number of nitrogens with one attached hydrogen (secondary N) is 1. The van der Waals surface area contributed by atoms with Gasteiger partial charge in [-0.3, -0.25) is 4.98 Å². The summed E-state index contributed by atoms with van der Waals surface area (Å²) >= 11 is 0. The van der Waals surface area contributed by atoms with Gasteiger partial charge in [0.15, 0.2) is 0 Å². The Morgan fingerprint density at radius 1 is 1.00 bits per heavy atom. The van der Waals surface area contributed by atoms with Crippen molar-refractivity contribution in [1.29, 1.82) is 0 Å². The van der Waals surface area contributed by atoms with Crippen molar-refractivity contribution >= 4 is 26.9 Å². The molecule has 3 aromatic rings. The molecule has 1 aliphatic heterocycles. The van der Waals surface area contributed by atoms with Gasteiger partial charge in [0.2, 0.25) is 16.0 Å². The largest absolute Gasteiger partial charge is 0.341 e. The van der Waals surface area contributed by atoms with Crippen molar-refractivity contribution in [1.82, 2.24) is 19.7 Å². The number of anilines is 1. The Hall–Kier alpha value is -2.58. The summed E-state index contributed by atoms with van der Waals surface area (Å²) in [4.78, 5) is 15.3. The first-order chi connectivity index (χ1) is 12.6. The van der Waals surface area contributed by atoms with Crippen LogP contribution in [0.1, 0.15) is 18.5 Å². The van der Waals surface area contributed by atoms with Crippen LogP contribution in [0.3, 0.4) is 0 Å². The van der Waals surface area contributed by atoms with Crippen LogP contribution in [0.2, 0.25) is 0 Å². The zero-order chi connectivity index (χ0) is 18.0. The van der Waals surface area contributed by atoms with Gasteiger partial charge in [-0.15, -0.1) is 0 Å². The van der Waals surface area contributed by atoms with Crippen LogP contribution in [0.5, 0.6) is 0 Å². The summed E-state index contributed by atoms with van der Waals surface area (Å²) < 4.78 is 28.1. The summed E-state index contributed by atoms with van der Waals surface area (Å²) in [5.41, 5.74) is 1.10. The molecule has 4 rings (SSSR count). The highest BCUT2D eigenvalue weighted by Crippen LogP contribution is 2.21. The fourth-order valence-electron chi connectivity index (χ4n) is 3.09. The Morgan fingerprint density at radius 2 is 1.81 bits per heavy atom. The molecule has 0 saturated carbocycles. The van der Waals surface area contributed by atoms with E-state index in [4.69, 9.17) is 0 Å². The summed E-state index contributed by atoms with van der Waals surface area (Å²) in [5.74, 6) is 0.658. The molecule has 0 radical (unpaired) electrons. The van der Waals surface area contributed by atoms with Crippen molar-refractivity contribution in [3.05, 3.63) is 54.5 Å². The third-order valence-corrected chi connectivity index (χ3v) is 5.85. The van der Waals surface area contributed by atoms with Crippen LogP contribution in [0.4, 0.5) is 5.95 Å². The van der Waals surface area contributed by atoms with E-state index >= 15 is 0 Å². The number of fused-ring (bicyclic) bond motifs is 1. The second kappa shape index (κ2) is 6.97. The standard InChI is InChI=1S/C18H19N5O2S/c24-26(25,16-7-3-5-14-6-4-9-19-17(14)16)21-13-15-8-10-20-18(22-15)23-11-1-2-12-23/h3-10,21H,1-2,11-13H2. The molecule has 1 aromatic carbocycles. The minimum absolute atomic E-state index is 0.106. The van der Waals surface area contributed by atoms with Crippen molar-refractivity contribution in [2.45, 2.75) is 24.3 Å². The monoisotopic (exact) mass is 369 g/mol. The highest BCUT2D eigenvalue weighted by Gasteiger charge is 2.19. The van der Waals surface area contributed by atoms with E-state index < -0.39 is 10.0 Å². The van der Waals surface area contributed by atoms with Gasteiger partial charge < -0.3 is 4.90 Å². The topological polar surface area (TPSA) is 88.1 Å². The molecule has 0 spiro atoms. The molecule has 7 nitrogen and oxygen atoms in total. The lowest BCUT2D eigenvalue weighted by Crippen LogP contribution is -2.25. The summed E-state index contributed by atoms with van der Waals surface area (Å²) in [7, 11) is -3.70. The maximum absolute atomic E-state index is 12.8. The van der Waals surface area contributed by atoms with Gasteiger partial charge in [0.25, 0.3) is 0 Å². The lowest BCUT2D eigenvalue weighted by atomic mass is 10.2.